The molecule has 0 unspecified atom stereocenters. The van der Waals surface area contributed by atoms with E-state index < -0.39 is 18.3 Å². The number of β-amino-alcohol motifs (C(OH)–C–C–N with tert-alkyl or cyclic N) is 1. The number of aliphatic hydroxyl groups is 1. The molecule has 2 heterocycles. The summed E-state index contributed by atoms with van der Waals surface area (Å²) < 4.78 is 10.6. The summed E-state index contributed by atoms with van der Waals surface area (Å²) in [6.45, 7) is 0.756. The molecule has 0 saturated carbocycles. The highest BCUT2D eigenvalue weighted by Gasteiger charge is 2.37. The van der Waals surface area contributed by atoms with Crippen molar-refractivity contribution in [2.24, 2.45) is 0 Å². The SMILES string of the molecule is COc1ccc(C[C@H]2NC[C@H](O)[C@H]2OC(=O)NCCc2cnc(N)[nH]2)cc1. The van der Waals surface area contributed by atoms with E-state index in [0.29, 0.717) is 31.9 Å². The van der Waals surface area contributed by atoms with Crippen LogP contribution in [0.5, 0.6) is 5.75 Å². The van der Waals surface area contributed by atoms with Crippen molar-refractivity contribution in [3.8, 4) is 5.75 Å². The Morgan fingerprint density at radius 1 is 1.41 bits per heavy atom. The Morgan fingerprint density at radius 3 is 2.85 bits per heavy atom. The lowest BCUT2D eigenvalue weighted by Crippen LogP contribution is -2.41. The first-order valence-corrected chi connectivity index (χ1v) is 8.83. The van der Waals surface area contributed by atoms with Gasteiger partial charge in [-0.1, -0.05) is 12.1 Å². The van der Waals surface area contributed by atoms with Crippen LogP contribution in [0.4, 0.5) is 10.7 Å². The average molecular weight is 375 g/mol. The summed E-state index contributed by atoms with van der Waals surface area (Å²) in [4.78, 5) is 18.9. The van der Waals surface area contributed by atoms with Crippen LogP contribution in [0, 0.1) is 0 Å². The van der Waals surface area contributed by atoms with Gasteiger partial charge in [-0.05, 0) is 24.1 Å². The van der Waals surface area contributed by atoms with Gasteiger partial charge in [-0.25, -0.2) is 9.78 Å². The molecular formula is C18H25N5O4. The predicted octanol–water partition coefficient (Wildman–Crippen LogP) is 0.213. The maximum atomic E-state index is 12.1. The van der Waals surface area contributed by atoms with Gasteiger partial charge in [0.25, 0.3) is 0 Å². The lowest BCUT2D eigenvalue weighted by molar-refractivity contribution is 0.0191. The molecule has 0 spiro atoms. The number of aromatic nitrogens is 2. The van der Waals surface area contributed by atoms with Crippen molar-refractivity contribution < 1.29 is 19.4 Å². The number of hydrogen-bond acceptors (Lipinski definition) is 7. The molecule has 9 heteroatoms. The number of amides is 1. The van der Waals surface area contributed by atoms with Gasteiger partial charge >= 0.3 is 6.09 Å². The lowest BCUT2D eigenvalue weighted by atomic mass is 10.0. The van der Waals surface area contributed by atoms with Crippen molar-refractivity contribution in [2.45, 2.75) is 31.1 Å². The Morgan fingerprint density at radius 2 is 2.19 bits per heavy atom. The van der Waals surface area contributed by atoms with E-state index in [2.05, 4.69) is 20.6 Å². The summed E-state index contributed by atoms with van der Waals surface area (Å²) in [7, 11) is 1.62. The molecule has 3 atom stereocenters. The van der Waals surface area contributed by atoms with Gasteiger partial charge in [0.1, 0.15) is 18.0 Å². The maximum absolute atomic E-state index is 12.1. The van der Waals surface area contributed by atoms with Crippen molar-refractivity contribution in [1.29, 1.82) is 0 Å². The molecule has 1 aliphatic heterocycles. The second-order valence-electron chi connectivity index (χ2n) is 6.47. The van der Waals surface area contributed by atoms with Gasteiger partial charge in [-0.15, -0.1) is 0 Å². The Balaban J connectivity index is 1.49. The van der Waals surface area contributed by atoms with Crippen LogP contribution in [0.3, 0.4) is 0 Å². The van der Waals surface area contributed by atoms with Crippen molar-refractivity contribution in [1.82, 2.24) is 20.6 Å². The number of H-pyrrole nitrogens is 1. The zero-order valence-electron chi connectivity index (χ0n) is 15.1. The number of nitrogen functional groups attached to an aromatic ring is 1. The number of carbonyl (C=O) groups is 1. The third-order valence-corrected chi connectivity index (χ3v) is 4.53. The number of benzene rings is 1. The molecule has 3 rings (SSSR count). The number of nitrogens with zero attached hydrogens (tertiary/aromatic N) is 1. The Labute approximate surface area is 157 Å². The zero-order chi connectivity index (χ0) is 19.2. The van der Waals surface area contributed by atoms with Crippen LogP contribution in [0.25, 0.3) is 0 Å². The first-order chi connectivity index (χ1) is 13.0. The molecular weight excluding hydrogens is 350 g/mol. The molecule has 1 aromatic carbocycles. The monoisotopic (exact) mass is 375 g/mol. The van der Waals surface area contributed by atoms with Gasteiger partial charge in [-0.3, -0.25) is 0 Å². The van der Waals surface area contributed by atoms with Crippen LogP contribution in [0.1, 0.15) is 11.3 Å². The Kier molecular flexibility index (Phi) is 6.15. The van der Waals surface area contributed by atoms with Crippen LogP contribution in [0.2, 0.25) is 0 Å². The molecule has 2 aromatic rings. The largest absolute Gasteiger partial charge is 0.497 e. The number of rotatable bonds is 7. The number of anilines is 1. The van der Waals surface area contributed by atoms with E-state index in [9.17, 15) is 9.90 Å². The summed E-state index contributed by atoms with van der Waals surface area (Å²) in [5.41, 5.74) is 7.40. The van der Waals surface area contributed by atoms with Crippen LogP contribution >= 0.6 is 0 Å². The second kappa shape index (κ2) is 8.74. The molecule has 1 amide bonds. The number of nitrogens with one attached hydrogen (secondary N) is 3. The van der Waals surface area contributed by atoms with Crippen molar-refractivity contribution in [2.75, 3.05) is 25.9 Å². The molecule has 0 bridgehead atoms. The smallest absolute Gasteiger partial charge is 0.407 e. The fourth-order valence-corrected chi connectivity index (χ4v) is 3.11. The van der Waals surface area contributed by atoms with Gasteiger partial charge in [0.05, 0.1) is 19.3 Å². The average Bonchev–Trinajstić information content (AvgIpc) is 3.22. The number of aromatic amines is 1. The fraction of sp³-hybridized carbons (Fsp3) is 0.444. The van der Waals surface area contributed by atoms with Crippen molar-refractivity contribution >= 4 is 12.0 Å². The topological polar surface area (TPSA) is 135 Å². The summed E-state index contributed by atoms with van der Waals surface area (Å²) in [5, 5.41) is 16.1. The van der Waals surface area contributed by atoms with E-state index in [-0.39, 0.29) is 6.04 Å². The quantitative estimate of drug-likeness (QED) is 0.467. The number of aliphatic hydroxyl groups excluding tert-OH is 1. The fourth-order valence-electron chi connectivity index (χ4n) is 3.11. The molecule has 146 valence electrons. The normalized spacial score (nSPS) is 21.8. The first kappa shape index (κ1) is 19.0. The van der Waals surface area contributed by atoms with Gasteiger partial charge in [-0.2, -0.15) is 0 Å². The lowest BCUT2D eigenvalue weighted by Gasteiger charge is -2.22. The summed E-state index contributed by atoms with van der Waals surface area (Å²) in [6, 6.07) is 7.51. The van der Waals surface area contributed by atoms with Crippen LogP contribution < -0.4 is 21.1 Å². The van der Waals surface area contributed by atoms with E-state index >= 15 is 0 Å². The summed E-state index contributed by atoms with van der Waals surface area (Å²) in [6.07, 6.45) is 0.890. The predicted molar refractivity (Wildman–Crippen MR) is 99.5 cm³/mol. The minimum atomic E-state index is -0.744. The number of carbonyl (C=O) groups excluding carboxylic acids is 1. The number of nitrogens with two attached hydrogens (primary N) is 1. The maximum Gasteiger partial charge on any atom is 0.407 e. The molecule has 0 radical (unpaired) electrons. The molecule has 1 saturated heterocycles. The minimum absolute atomic E-state index is 0.161. The Bertz CT molecular complexity index is 748. The first-order valence-electron chi connectivity index (χ1n) is 8.83. The highest BCUT2D eigenvalue weighted by Crippen LogP contribution is 2.19. The van der Waals surface area contributed by atoms with Crippen molar-refractivity contribution in [3.63, 3.8) is 0 Å². The number of methoxy groups -OCH3 is 1. The van der Waals surface area contributed by atoms with Gasteiger partial charge in [0.2, 0.25) is 0 Å². The van der Waals surface area contributed by atoms with Crippen LogP contribution in [0.15, 0.2) is 30.5 Å². The van der Waals surface area contributed by atoms with E-state index in [1.54, 1.807) is 13.3 Å². The molecule has 1 fully saturated rings. The number of ether oxygens (including phenoxy) is 2. The zero-order valence-corrected chi connectivity index (χ0v) is 15.1. The van der Waals surface area contributed by atoms with Gasteiger partial charge in [0.15, 0.2) is 5.95 Å². The third-order valence-electron chi connectivity index (χ3n) is 4.53. The molecule has 6 N–H and O–H groups in total. The van der Waals surface area contributed by atoms with Gasteiger partial charge in [0, 0.05) is 25.2 Å². The second-order valence-corrected chi connectivity index (χ2v) is 6.47. The molecule has 9 nitrogen and oxygen atoms in total. The van der Waals surface area contributed by atoms with Gasteiger partial charge < -0.3 is 35.9 Å². The third kappa shape index (κ3) is 5.11. The van der Waals surface area contributed by atoms with E-state index in [1.807, 2.05) is 24.3 Å². The summed E-state index contributed by atoms with van der Waals surface area (Å²) in [5.74, 6) is 1.12. The standard InChI is InChI=1S/C18H25N5O4/c1-26-13-4-2-11(3-5-13)8-14-16(15(24)10-21-14)27-18(25)20-7-6-12-9-22-17(19)23-12/h2-5,9,14-16,21,24H,6-8,10H2,1H3,(H,20,25)(H3,19,22,23)/t14-,15+,16+/m1/s1. The number of imidazole rings is 1. The highest BCUT2D eigenvalue weighted by molar-refractivity contribution is 5.67. The minimum Gasteiger partial charge on any atom is -0.497 e. The van der Waals surface area contributed by atoms with Crippen LogP contribution in [-0.2, 0) is 17.6 Å². The number of alkyl carbamates (subject to hydrolysis) is 1. The number of hydrogen-bond donors (Lipinski definition) is 5. The Hall–Kier alpha value is -2.78. The summed E-state index contributed by atoms with van der Waals surface area (Å²) >= 11 is 0. The molecule has 0 aliphatic carbocycles. The van der Waals surface area contributed by atoms with E-state index in [4.69, 9.17) is 15.2 Å². The highest BCUT2D eigenvalue weighted by atomic mass is 16.6. The van der Waals surface area contributed by atoms with E-state index in [1.165, 1.54) is 0 Å². The van der Waals surface area contributed by atoms with E-state index in [0.717, 1.165) is 17.0 Å². The van der Waals surface area contributed by atoms with Crippen molar-refractivity contribution in [3.05, 3.63) is 41.7 Å². The molecule has 27 heavy (non-hydrogen) atoms. The van der Waals surface area contributed by atoms with Crippen LogP contribution in [-0.4, -0.2) is 59.6 Å². The molecule has 1 aliphatic rings. The molecule has 1 aromatic heterocycles.